The first-order valence-corrected chi connectivity index (χ1v) is 10.8. The average molecular weight is 423 g/mol. The minimum atomic E-state index is -0.322. The highest BCUT2D eigenvalue weighted by Crippen LogP contribution is 2.24. The summed E-state index contributed by atoms with van der Waals surface area (Å²) in [6.45, 7) is 3.32. The predicted octanol–water partition coefficient (Wildman–Crippen LogP) is 4.29. The molecule has 1 aliphatic heterocycles. The van der Waals surface area contributed by atoms with Crippen LogP contribution in [0.4, 0.5) is 4.39 Å². The van der Waals surface area contributed by atoms with Gasteiger partial charge in [0.15, 0.2) is 0 Å². The number of halogens is 1. The standard InChI is InChI=1S/C24H23FN2O2S/c1-16-6-11-22(30-16)24(29)27-13-12-26-23(28)19(15-27)14-17-7-9-18(10-8-17)20-4-2-3-5-21(20)25/h2-11,19H,12-15H2,1H3,(H,26,28)/t19-/m0/s1. The third-order valence-corrected chi connectivity index (χ3v) is 6.34. The van der Waals surface area contributed by atoms with Gasteiger partial charge in [0.2, 0.25) is 5.91 Å². The smallest absolute Gasteiger partial charge is 0.264 e. The number of thiophene rings is 1. The summed E-state index contributed by atoms with van der Waals surface area (Å²) in [5.41, 5.74) is 2.34. The fourth-order valence-electron chi connectivity index (χ4n) is 3.75. The second-order valence-electron chi connectivity index (χ2n) is 7.53. The van der Waals surface area contributed by atoms with Crippen molar-refractivity contribution < 1.29 is 14.0 Å². The third kappa shape index (κ3) is 4.44. The molecule has 1 fully saturated rings. The maximum Gasteiger partial charge on any atom is 0.264 e. The number of nitrogens with zero attached hydrogens (tertiary/aromatic N) is 1. The molecule has 0 bridgehead atoms. The predicted molar refractivity (Wildman–Crippen MR) is 117 cm³/mol. The average Bonchev–Trinajstić information content (AvgIpc) is 3.10. The second-order valence-corrected chi connectivity index (χ2v) is 8.82. The van der Waals surface area contributed by atoms with Crippen LogP contribution in [-0.4, -0.2) is 36.3 Å². The lowest BCUT2D eigenvalue weighted by Gasteiger charge is -2.22. The molecule has 1 saturated heterocycles. The normalized spacial score (nSPS) is 16.8. The molecule has 0 radical (unpaired) electrons. The van der Waals surface area contributed by atoms with E-state index in [0.717, 1.165) is 16.0 Å². The Balaban J connectivity index is 1.49. The lowest BCUT2D eigenvalue weighted by atomic mass is 9.96. The van der Waals surface area contributed by atoms with Crippen molar-refractivity contribution in [3.8, 4) is 11.1 Å². The van der Waals surface area contributed by atoms with Gasteiger partial charge in [-0.15, -0.1) is 11.3 Å². The van der Waals surface area contributed by atoms with Crippen LogP contribution >= 0.6 is 11.3 Å². The first-order chi connectivity index (χ1) is 14.5. The van der Waals surface area contributed by atoms with Crippen molar-refractivity contribution in [2.45, 2.75) is 13.3 Å². The molecule has 2 amide bonds. The Hall–Kier alpha value is -2.99. The van der Waals surface area contributed by atoms with Gasteiger partial charge in [0.05, 0.1) is 10.8 Å². The van der Waals surface area contributed by atoms with Crippen molar-refractivity contribution in [3.05, 3.63) is 81.8 Å². The molecular weight excluding hydrogens is 399 g/mol. The van der Waals surface area contributed by atoms with Gasteiger partial charge < -0.3 is 10.2 Å². The summed E-state index contributed by atoms with van der Waals surface area (Å²) in [6, 6.07) is 18.1. The third-order valence-electron chi connectivity index (χ3n) is 5.35. The molecule has 1 N–H and O–H groups in total. The Labute approximate surface area is 179 Å². The van der Waals surface area contributed by atoms with E-state index in [1.165, 1.54) is 17.4 Å². The van der Waals surface area contributed by atoms with Crippen LogP contribution < -0.4 is 5.32 Å². The SMILES string of the molecule is Cc1ccc(C(=O)N2CCNC(=O)[C@@H](Cc3ccc(-c4ccccc4F)cc3)C2)s1. The summed E-state index contributed by atoms with van der Waals surface area (Å²) in [7, 11) is 0. The zero-order valence-corrected chi connectivity index (χ0v) is 17.5. The van der Waals surface area contributed by atoms with Gasteiger partial charge in [0, 0.05) is 30.1 Å². The molecule has 6 heteroatoms. The fourth-order valence-corrected chi connectivity index (χ4v) is 4.58. The number of amides is 2. The summed E-state index contributed by atoms with van der Waals surface area (Å²) in [6.07, 6.45) is 0.524. The van der Waals surface area contributed by atoms with Crippen molar-refractivity contribution in [1.29, 1.82) is 0 Å². The molecule has 154 valence electrons. The molecule has 30 heavy (non-hydrogen) atoms. The summed E-state index contributed by atoms with van der Waals surface area (Å²) < 4.78 is 14.0. The molecule has 0 aliphatic carbocycles. The van der Waals surface area contributed by atoms with Gasteiger partial charge in [-0.05, 0) is 42.7 Å². The second kappa shape index (κ2) is 8.79. The molecule has 4 rings (SSSR count). The zero-order chi connectivity index (χ0) is 21.1. The number of aryl methyl sites for hydroxylation is 1. The number of benzene rings is 2. The number of hydrogen-bond acceptors (Lipinski definition) is 3. The van der Waals surface area contributed by atoms with Crippen molar-refractivity contribution in [3.63, 3.8) is 0 Å². The highest BCUT2D eigenvalue weighted by atomic mass is 32.1. The summed E-state index contributed by atoms with van der Waals surface area (Å²) >= 11 is 1.48. The molecule has 0 unspecified atom stereocenters. The molecule has 0 spiro atoms. The maximum absolute atomic E-state index is 14.0. The molecular formula is C24H23FN2O2S. The van der Waals surface area contributed by atoms with Gasteiger partial charge in [0.1, 0.15) is 5.82 Å². The molecule has 0 saturated carbocycles. The van der Waals surface area contributed by atoms with Crippen LogP contribution in [0.3, 0.4) is 0 Å². The topological polar surface area (TPSA) is 49.4 Å². The summed E-state index contributed by atoms with van der Waals surface area (Å²) in [4.78, 5) is 29.0. The summed E-state index contributed by atoms with van der Waals surface area (Å²) in [5, 5.41) is 2.92. The number of carbonyl (C=O) groups is 2. The van der Waals surface area contributed by atoms with Gasteiger partial charge in [-0.2, -0.15) is 0 Å². The fraction of sp³-hybridized carbons (Fsp3) is 0.250. The van der Waals surface area contributed by atoms with Gasteiger partial charge in [-0.3, -0.25) is 9.59 Å². The molecule has 1 atom stereocenters. The Morgan fingerprint density at radius 3 is 2.60 bits per heavy atom. The number of carbonyl (C=O) groups excluding carboxylic acids is 2. The van der Waals surface area contributed by atoms with E-state index in [1.54, 1.807) is 17.0 Å². The van der Waals surface area contributed by atoms with E-state index < -0.39 is 0 Å². The van der Waals surface area contributed by atoms with Crippen LogP contribution in [-0.2, 0) is 11.2 Å². The summed E-state index contributed by atoms with van der Waals surface area (Å²) in [5.74, 6) is -0.640. The Bertz CT molecular complexity index is 1060. The van der Waals surface area contributed by atoms with Crippen molar-refractivity contribution >= 4 is 23.2 Å². The van der Waals surface area contributed by atoms with E-state index in [4.69, 9.17) is 0 Å². The maximum atomic E-state index is 14.0. The number of rotatable bonds is 4. The van der Waals surface area contributed by atoms with E-state index in [0.29, 0.717) is 36.5 Å². The van der Waals surface area contributed by atoms with Crippen molar-refractivity contribution in [2.24, 2.45) is 5.92 Å². The molecule has 2 heterocycles. The lowest BCUT2D eigenvalue weighted by Crippen LogP contribution is -2.37. The van der Waals surface area contributed by atoms with Crippen molar-refractivity contribution in [2.75, 3.05) is 19.6 Å². The highest BCUT2D eigenvalue weighted by molar-refractivity contribution is 7.13. The van der Waals surface area contributed by atoms with Gasteiger partial charge in [0.25, 0.3) is 5.91 Å². The first kappa shape index (κ1) is 20.3. The number of hydrogen-bond donors (Lipinski definition) is 1. The van der Waals surface area contributed by atoms with Gasteiger partial charge in [-0.25, -0.2) is 4.39 Å². The van der Waals surface area contributed by atoms with Gasteiger partial charge >= 0.3 is 0 Å². The minimum absolute atomic E-state index is 0.0236. The molecule has 4 nitrogen and oxygen atoms in total. The molecule has 1 aromatic heterocycles. The van der Waals surface area contributed by atoms with E-state index in [-0.39, 0.29) is 23.5 Å². The van der Waals surface area contributed by atoms with Crippen LogP contribution in [0.1, 0.15) is 20.1 Å². The number of nitrogens with one attached hydrogen (secondary N) is 1. The van der Waals surface area contributed by atoms with Crippen LogP contribution in [0.5, 0.6) is 0 Å². The molecule has 1 aliphatic rings. The van der Waals surface area contributed by atoms with Crippen LogP contribution in [0.15, 0.2) is 60.7 Å². The molecule has 3 aromatic rings. The Kier molecular flexibility index (Phi) is 5.95. The Morgan fingerprint density at radius 1 is 1.13 bits per heavy atom. The van der Waals surface area contributed by atoms with Crippen LogP contribution in [0.25, 0.3) is 11.1 Å². The molecule has 2 aromatic carbocycles. The van der Waals surface area contributed by atoms with Crippen LogP contribution in [0.2, 0.25) is 0 Å². The van der Waals surface area contributed by atoms with Crippen LogP contribution in [0, 0.1) is 18.7 Å². The minimum Gasteiger partial charge on any atom is -0.354 e. The van der Waals surface area contributed by atoms with E-state index in [9.17, 15) is 14.0 Å². The monoisotopic (exact) mass is 422 g/mol. The highest BCUT2D eigenvalue weighted by Gasteiger charge is 2.28. The van der Waals surface area contributed by atoms with E-state index in [2.05, 4.69) is 5.32 Å². The van der Waals surface area contributed by atoms with Gasteiger partial charge in [-0.1, -0.05) is 42.5 Å². The van der Waals surface area contributed by atoms with E-state index in [1.807, 2.05) is 49.4 Å². The first-order valence-electron chi connectivity index (χ1n) is 9.98. The quantitative estimate of drug-likeness (QED) is 0.682. The zero-order valence-electron chi connectivity index (χ0n) is 16.7. The largest absolute Gasteiger partial charge is 0.354 e. The van der Waals surface area contributed by atoms with Crippen molar-refractivity contribution in [1.82, 2.24) is 10.2 Å². The lowest BCUT2D eigenvalue weighted by molar-refractivity contribution is -0.124. The Morgan fingerprint density at radius 2 is 1.90 bits per heavy atom. The van der Waals surface area contributed by atoms with E-state index >= 15 is 0 Å².